The van der Waals surface area contributed by atoms with Gasteiger partial charge in [-0.2, -0.15) is 5.10 Å². The molecule has 8 heteroatoms. The van der Waals surface area contributed by atoms with Gasteiger partial charge in [-0.05, 0) is 13.0 Å². The van der Waals surface area contributed by atoms with Gasteiger partial charge in [0.1, 0.15) is 36.7 Å². The van der Waals surface area contributed by atoms with Crippen molar-refractivity contribution in [3.05, 3.63) is 36.3 Å². The lowest BCUT2D eigenvalue weighted by molar-refractivity contribution is -0.00461. The minimum Gasteiger partial charge on any atom is -0.469 e. The van der Waals surface area contributed by atoms with E-state index in [-0.39, 0.29) is 24.2 Å². The van der Waals surface area contributed by atoms with Crippen LogP contribution in [-0.4, -0.2) is 64.1 Å². The number of carbonyl (C=O) groups is 1. The molecular formula is C15H18N4O4. The standard InChI is InChI=1S/C15H18N4O4/c1-10-12(2-3-21-10)15(20)18-4-13-14(5-18)23-7-11(6-22-13)19-9-16-8-17-19/h2-3,8-9,11,13-14H,4-7H2,1H3/t13-,14-/m0/s1. The molecule has 2 aliphatic rings. The second-order valence-electron chi connectivity index (χ2n) is 5.87. The van der Waals surface area contributed by atoms with Crippen LogP contribution in [0.3, 0.4) is 0 Å². The van der Waals surface area contributed by atoms with E-state index in [9.17, 15) is 4.79 Å². The Balaban J connectivity index is 1.42. The minimum absolute atomic E-state index is 0.0170. The van der Waals surface area contributed by atoms with Gasteiger partial charge in [-0.15, -0.1) is 0 Å². The van der Waals surface area contributed by atoms with Crippen LogP contribution in [0.2, 0.25) is 0 Å². The van der Waals surface area contributed by atoms with Gasteiger partial charge < -0.3 is 18.8 Å². The zero-order valence-corrected chi connectivity index (χ0v) is 12.8. The molecule has 4 rings (SSSR count). The van der Waals surface area contributed by atoms with Gasteiger partial charge in [0, 0.05) is 13.1 Å². The van der Waals surface area contributed by atoms with E-state index in [1.807, 2.05) is 0 Å². The molecule has 0 saturated carbocycles. The van der Waals surface area contributed by atoms with Crippen molar-refractivity contribution in [2.45, 2.75) is 25.2 Å². The summed E-state index contributed by atoms with van der Waals surface area (Å²) < 4.78 is 18.9. The molecule has 0 N–H and O–H groups in total. The summed E-state index contributed by atoms with van der Waals surface area (Å²) in [5, 5.41) is 4.13. The first-order valence-electron chi connectivity index (χ1n) is 7.63. The number of ether oxygens (including phenoxy) is 2. The van der Waals surface area contributed by atoms with Crippen molar-refractivity contribution in [1.82, 2.24) is 19.7 Å². The van der Waals surface area contributed by atoms with E-state index < -0.39 is 0 Å². The number of rotatable bonds is 2. The molecule has 4 heterocycles. The average Bonchev–Trinajstić information content (AvgIpc) is 3.27. The fraction of sp³-hybridized carbons (Fsp3) is 0.533. The lowest BCUT2D eigenvalue weighted by atomic mass is 10.2. The Morgan fingerprint density at radius 2 is 2.00 bits per heavy atom. The molecule has 0 aromatic carbocycles. The summed E-state index contributed by atoms with van der Waals surface area (Å²) >= 11 is 0. The van der Waals surface area contributed by atoms with E-state index in [0.717, 1.165) is 0 Å². The summed E-state index contributed by atoms with van der Waals surface area (Å²) in [6.45, 7) is 3.84. The van der Waals surface area contributed by atoms with E-state index in [4.69, 9.17) is 13.9 Å². The third kappa shape index (κ3) is 2.64. The van der Waals surface area contributed by atoms with E-state index in [0.29, 0.717) is 37.6 Å². The van der Waals surface area contributed by atoms with Crippen LogP contribution in [-0.2, 0) is 9.47 Å². The molecule has 0 spiro atoms. The lowest BCUT2D eigenvalue weighted by Gasteiger charge is -2.18. The maximum absolute atomic E-state index is 12.5. The predicted molar refractivity (Wildman–Crippen MR) is 77.9 cm³/mol. The minimum atomic E-state index is -0.111. The van der Waals surface area contributed by atoms with Crippen LogP contribution in [0.5, 0.6) is 0 Å². The quantitative estimate of drug-likeness (QED) is 0.809. The zero-order chi connectivity index (χ0) is 15.8. The van der Waals surface area contributed by atoms with Gasteiger partial charge in [-0.3, -0.25) is 4.79 Å². The number of carbonyl (C=O) groups excluding carboxylic acids is 1. The largest absolute Gasteiger partial charge is 0.469 e. The number of amides is 1. The van der Waals surface area contributed by atoms with E-state index in [2.05, 4.69) is 10.1 Å². The maximum Gasteiger partial charge on any atom is 0.257 e. The van der Waals surface area contributed by atoms with Crippen LogP contribution < -0.4 is 0 Å². The zero-order valence-electron chi connectivity index (χ0n) is 12.8. The van der Waals surface area contributed by atoms with Crippen molar-refractivity contribution in [2.75, 3.05) is 26.3 Å². The molecule has 122 valence electrons. The van der Waals surface area contributed by atoms with Crippen molar-refractivity contribution < 1.29 is 18.7 Å². The Labute approximate surface area is 133 Å². The number of aromatic nitrogens is 3. The van der Waals surface area contributed by atoms with Crippen LogP contribution in [0.1, 0.15) is 22.2 Å². The van der Waals surface area contributed by atoms with Crippen LogP contribution in [0.4, 0.5) is 0 Å². The highest BCUT2D eigenvalue weighted by Gasteiger charge is 2.40. The molecule has 8 nitrogen and oxygen atoms in total. The summed E-state index contributed by atoms with van der Waals surface area (Å²) in [6.07, 6.45) is 4.47. The molecule has 0 radical (unpaired) electrons. The monoisotopic (exact) mass is 318 g/mol. The molecular weight excluding hydrogens is 300 g/mol. The molecule has 1 amide bonds. The summed E-state index contributed by atoms with van der Waals surface area (Å²) in [4.78, 5) is 18.3. The van der Waals surface area contributed by atoms with Crippen LogP contribution in [0.15, 0.2) is 29.4 Å². The van der Waals surface area contributed by atoms with Gasteiger partial charge in [0.05, 0.1) is 25.0 Å². The molecule has 2 aromatic rings. The third-order valence-corrected chi connectivity index (χ3v) is 4.41. The number of hydrogen-bond acceptors (Lipinski definition) is 6. The van der Waals surface area contributed by atoms with E-state index >= 15 is 0 Å². The van der Waals surface area contributed by atoms with Crippen molar-refractivity contribution in [1.29, 1.82) is 0 Å². The molecule has 2 fully saturated rings. The number of hydrogen-bond donors (Lipinski definition) is 0. The smallest absolute Gasteiger partial charge is 0.257 e. The van der Waals surface area contributed by atoms with E-state index in [1.54, 1.807) is 28.9 Å². The van der Waals surface area contributed by atoms with Crippen LogP contribution in [0.25, 0.3) is 0 Å². The predicted octanol–water partition coefficient (Wildman–Crippen LogP) is 0.661. The van der Waals surface area contributed by atoms with Gasteiger partial charge in [0.25, 0.3) is 5.91 Å². The number of aryl methyl sites for hydroxylation is 1. The third-order valence-electron chi connectivity index (χ3n) is 4.41. The first-order chi connectivity index (χ1) is 11.2. The summed E-state index contributed by atoms with van der Waals surface area (Å²) in [7, 11) is 0. The molecule has 2 atom stereocenters. The SMILES string of the molecule is Cc1occc1C(=O)N1C[C@@H]2OCC(n3cncn3)CO[C@H]2C1. The first kappa shape index (κ1) is 14.4. The van der Waals surface area contributed by atoms with Crippen molar-refractivity contribution in [3.8, 4) is 0 Å². The lowest BCUT2D eigenvalue weighted by Crippen LogP contribution is -2.31. The highest BCUT2D eigenvalue weighted by Crippen LogP contribution is 2.25. The summed E-state index contributed by atoms with van der Waals surface area (Å²) in [5.74, 6) is 0.597. The molecule has 2 aliphatic heterocycles. The van der Waals surface area contributed by atoms with Gasteiger partial charge in [-0.25, -0.2) is 9.67 Å². The van der Waals surface area contributed by atoms with Gasteiger partial charge in [0.15, 0.2) is 0 Å². The number of nitrogens with zero attached hydrogens (tertiary/aromatic N) is 4. The Bertz CT molecular complexity index is 667. The summed E-state index contributed by atoms with van der Waals surface area (Å²) in [6, 6.07) is 1.72. The molecule has 0 aliphatic carbocycles. The molecule has 23 heavy (non-hydrogen) atoms. The van der Waals surface area contributed by atoms with Crippen molar-refractivity contribution in [2.24, 2.45) is 0 Å². The van der Waals surface area contributed by atoms with Crippen LogP contribution >= 0.6 is 0 Å². The highest BCUT2D eigenvalue weighted by atomic mass is 16.6. The van der Waals surface area contributed by atoms with E-state index in [1.165, 1.54) is 12.6 Å². The Kier molecular flexibility index (Phi) is 3.62. The number of furan rings is 1. The Hall–Kier alpha value is -2.19. The second-order valence-corrected chi connectivity index (χ2v) is 5.87. The average molecular weight is 318 g/mol. The van der Waals surface area contributed by atoms with Crippen molar-refractivity contribution >= 4 is 5.91 Å². The fourth-order valence-electron chi connectivity index (χ4n) is 3.08. The molecule has 2 saturated heterocycles. The number of likely N-dealkylation sites (tertiary alicyclic amines) is 1. The summed E-state index contributed by atoms with van der Waals surface area (Å²) in [5.41, 5.74) is 0.599. The fourth-order valence-corrected chi connectivity index (χ4v) is 3.08. The molecule has 0 bridgehead atoms. The highest BCUT2D eigenvalue weighted by molar-refractivity contribution is 5.95. The normalized spacial score (nSPS) is 25.3. The van der Waals surface area contributed by atoms with Gasteiger partial charge in [0.2, 0.25) is 0 Å². The topological polar surface area (TPSA) is 82.6 Å². The first-order valence-corrected chi connectivity index (χ1v) is 7.63. The Morgan fingerprint density at radius 3 is 2.57 bits per heavy atom. The molecule has 2 aromatic heterocycles. The maximum atomic E-state index is 12.5. The Morgan fingerprint density at radius 1 is 1.26 bits per heavy atom. The van der Waals surface area contributed by atoms with Gasteiger partial charge >= 0.3 is 0 Å². The van der Waals surface area contributed by atoms with Crippen molar-refractivity contribution in [3.63, 3.8) is 0 Å². The van der Waals surface area contributed by atoms with Crippen LogP contribution in [0, 0.1) is 6.92 Å². The van der Waals surface area contributed by atoms with Gasteiger partial charge in [-0.1, -0.05) is 0 Å². The number of fused-ring (bicyclic) bond motifs is 1. The molecule has 0 unspecified atom stereocenters. The second kappa shape index (κ2) is 5.78.